The van der Waals surface area contributed by atoms with E-state index in [1.165, 1.54) is 12.1 Å². The molecule has 42 heavy (non-hydrogen) atoms. The Balaban J connectivity index is 1.60. The van der Waals surface area contributed by atoms with Gasteiger partial charge in [0, 0.05) is 6.42 Å². The topological polar surface area (TPSA) is 129 Å². The van der Waals surface area contributed by atoms with Crippen molar-refractivity contribution < 1.29 is 28.8 Å². The zero-order valence-corrected chi connectivity index (χ0v) is 24.3. The summed E-state index contributed by atoms with van der Waals surface area (Å²) in [7, 11) is 0. The molecule has 0 aromatic heterocycles. The quantitative estimate of drug-likeness (QED) is 0.0973. The number of nitro benzene ring substituents is 1. The lowest BCUT2D eigenvalue weighted by molar-refractivity contribution is -0.386. The van der Waals surface area contributed by atoms with Gasteiger partial charge in [0.1, 0.15) is 18.5 Å². The molecule has 0 heterocycles. The summed E-state index contributed by atoms with van der Waals surface area (Å²) in [5, 5.41) is 14.9. The lowest BCUT2D eigenvalue weighted by Gasteiger charge is -2.20. The Morgan fingerprint density at radius 3 is 2.14 bits per heavy atom. The van der Waals surface area contributed by atoms with E-state index >= 15 is 0 Å². The number of carbonyl (C=O) groups is 2. The van der Waals surface area contributed by atoms with E-state index in [0.717, 1.165) is 22.3 Å². The number of carbonyl (C=O) groups excluding carboxylic acids is 2. The number of aryl methyl sites for hydroxylation is 3. The van der Waals surface area contributed by atoms with Gasteiger partial charge in [0.2, 0.25) is 5.91 Å². The van der Waals surface area contributed by atoms with E-state index in [-0.39, 0.29) is 42.8 Å². The van der Waals surface area contributed by atoms with Crippen LogP contribution in [0.5, 0.6) is 5.75 Å². The maximum Gasteiger partial charge on any atom is 0.431 e. The smallest absolute Gasteiger partial charge is 0.431 e. The fourth-order valence-corrected chi connectivity index (χ4v) is 4.23. The number of hydrogen-bond acceptors (Lipinski definition) is 7. The van der Waals surface area contributed by atoms with Gasteiger partial charge in [0.05, 0.1) is 29.2 Å². The highest BCUT2D eigenvalue weighted by Crippen LogP contribution is 2.34. The first-order valence-electron chi connectivity index (χ1n) is 13.6. The molecule has 0 aliphatic rings. The first-order valence-corrected chi connectivity index (χ1v) is 13.6. The number of hydrogen-bond donors (Lipinski definition) is 2. The van der Waals surface area contributed by atoms with Gasteiger partial charge in [0.15, 0.2) is 0 Å². The highest BCUT2D eigenvalue weighted by atomic mass is 16.7. The molecule has 1 atom stereocenters. The van der Waals surface area contributed by atoms with Gasteiger partial charge in [-0.2, -0.15) is 5.48 Å². The fraction of sp³-hybridized carbons (Fsp3) is 0.312. The molecule has 0 bridgehead atoms. The number of nitro groups is 1. The Kier molecular flexibility index (Phi) is 11.6. The normalized spacial score (nSPS) is 11.5. The molecule has 0 radical (unpaired) electrons. The van der Waals surface area contributed by atoms with Crippen LogP contribution in [0.25, 0.3) is 0 Å². The van der Waals surface area contributed by atoms with Crippen LogP contribution in [-0.4, -0.2) is 30.1 Å². The van der Waals surface area contributed by atoms with Crippen molar-refractivity contribution in [3.8, 4) is 5.75 Å². The summed E-state index contributed by atoms with van der Waals surface area (Å²) in [6.07, 6.45) is 0.343. The summed E-state index contributed by atoms with van der Waals surface area (Å²) in [5.74, 6) is 0.196. The van der Waals surface area contributed by atoms with E-state index in [0.29, 0.717) is 17.7 Å². The fourth-order valence-electron chi connectivity index (χ4n) is 4.23. The molecule has 0 fully saturated rings. The molecule has 3 rings (SSSR count). The molecular formula is C32H37N3O7. The predicted molar refractivity (Wildman–Crippen MR) is 159 cm³/mol. The lowest BCUT2D eigenvalue weighted by Crippen LogP contribution is -2.29. The van der Waals surface area contributed by atoms with Crippen LogP contribution in [0.15, 0.2) is 73.3 Å². The van der Waals surface area contributed by atoms with E-state index in [1.54, 1.807) is 19.9 Å². The predicted octanol–water partition coefficient (Wildman–Crippen LogP) is 6.49. The largest absolute Gasteiger partial charge is 0.493 e. The van der Waals surface area contributed by atoms with Crippen molar-refractivity contribution in [3.63, 3.8) is 0 Å². The number of rotatable bonds is 14. The molecule has 0 aliphatic heterocycles. The minimum absolute atomic E-state index is 0.00337. The Morgan fingerprint density at radius 1 is 1.00 bits per heavy atom. The maximum absolute atomic E-state index is 12.9. The van der Waals surface area contributed by atoms with Crippen LogP contribution in [0.1, 0.15) is 65.3 Å². The van der Waals surface area contributed by atoms with Crippen molar-refractivity contribution in [2.45, 2.75) is 52.7 Å². The van der Waals surface area contributed by atoms with E-state index < -0.39 is 17.1 Å². The number of benzene rings is 3. The van der Waals surface area contributed by atoms with Gasteiger partial charge in [-0.15, -0.1) is 0 Å². The molecule has 3 aromatic carbocycles. The van der Waals surface area contributed by atoms with Crippen molar-refractivity contribution in [1.82, 2.24) is 10.8 Å². The van der Waals surface area contributed by atoms with Gasteiger partial charge < -0.3 is 14.8 Å². The SMILES string of the molecule is C=CCOC(=O)NOC(C)c1cc(C)c(OCCCC(=O)NC(c2ccc(C)cc2)c2ccc(C)cc2)cc1[N+](=O)[O-]. The summed E-state index contributed by atoms with van der Waals surface area (Å²) < 4.78 is 10.6. The van der Waals surface area contributed by atoms with E-state index in [2.05, 4.69) is 17.4 Å². The molecule has 222 valence electrons. The van der Waals surface area contributed by atoms with Gasteiger partial charge in [0.25, 0.3) is 5.69 Å². The van der Waals surface area contributed by atoms with Gasteiger partial charge in [-0.3, -0.25) is 19.7 Å². The summed E-state index contributed by atoms with van der Waals surface area (Å²) in [5.41, 5.74) is 7.02. The third-order valence-corrected chi connectivity index (χ3v) is 6.54. The molecule has 0 spiro atoms. The average molecular weight is 576 g/mol. The van der Waals surface area contributed by atoms with Crippen molar-refractivity contribution >= 4 is 17.7 Å². The standard InChI is InChI=1S/C32H37N3O7/c1-6-17-41-32(37)34-42-24(5)27-19-23(4)29(20-28(27)35(38)39)40-18-7-8-30(36)33-31(25-13-9-21(2)10-14-25)26-15-11-22(3)12-16-26/h6,9-16,19-20,24,31H,1,7-8,17-18H2,2-5H3,(H,33,36)(H,34,37). The molecule has 10 nitrogen and oxygen atoms in total. The van der Waals surface area contributed by atoms with E-state index in [4.69, 9.17) is 14.3 Å². The Labute approximate surface area is 245 Å². The molecular weight excluding hydrogens is 538 g/mol. The van der Waals surface area contributed by atoms with Crippen LogP contribution >= 0.6 is 0 Å². The second-order valence-corrected chi connectivity index (χ2v) is 9.96. The Morgan fingerprint density at radius 2 is 1.60 bits per heavy atom. The monoisotopic (exact) mass is 575 g/mol. The minimum atomic E-state index is -0.840. The number of ether oxygens (including phenoxy) is 2. The van der Waals surface area contributed by atoms with Gasteiger partial charge in [-0.1, -0.05) is 72.3 Å². The number of hydroxylamine groups is 1. The highest BCUT2D eigenvalue weighted by molar-refractivity contribution is 5.77. The highest BCUT2D eigenvalue weighted by Gasteiger charge is 2.24. The van der Waals surface area contributed by atoms with Crippen LogP contribution in [0, 0.1) is 30.9 Å². The first kappa shape index (κ1) is 31.8. The molecule has 0 saturated heterocycles. The Bertz CT molecular complexity index is 1340. The van der Waals surface area contributed by atoms with Crippen LogP contribution in [0.3, 0.4) is 0 Å². The van der Waals surface area contributed by atoms with E-state index in [1.807, 2.05) is 62.4 Å². The zero-order chi connectivity index (χ0) is 30.6. The number of amides is 2. The second-order valence-electron chi connectivity index (χ2n) is 9.96. The van der Waals surface area contributed by atoms with Crippen LogP contribution in [0.2, 0.25) is 0 Å². The summed E-state index contributed by atoms with van der Waals surface area (Å²) >= 11 is 0. The summed E-state index contributed by atoms with van der Waals surface area (Å²) in [6.45, 7) is 11.0. The maximum atomic E-state index is 12.9. The third-order valence-electron chi connectivity index (χ3n) is 6.54. The molecule has 2 N–H and O–H groups in total. The van der Waals surface area contributed by atoms with Gasteiger partial charge in [-0.25, -0.2) is 4.79 Å². The second kappa shape index (κ2) is 15.3. The molecule has 0 aliphatic carbocycles. The molecule has 1 unspecified atom stereocenters. The minimum Gasteiger partial charge on any atom is -0.493 e. The summed E-state index contributed by atoms with van der Waals surface area (Å²) in [4.78, 5) is 41.0. The third kappa shape index (κ3) is 9.17. The van der Waals surface area contributed by atoms with E-state index in [9.17, 15) is 19.7 Å². The first-order chi connectivity index (χ1) is 20.1. The number of nitrogens with zero attached hydrogens (tertiary/aromatic N) is 1. The number of nitrogens with one attached hydrogen (secondary N) is 2. The zero-order valence-electron chi connectivity index (χ0n) is 24.3. The molecule has 3 aromatic rings. The lowest BCUT2D eigenvalue weighted by atomic mass is 9.97. The van der Waals surface area contributed by atoms with Crippen molar-refractivity contribution in [1.29, 1.82) is 0 Å². The van der Waals surface area contributed by atoms with Gasteiger partial charge in [-0.05, 0) is 56.9 Å². The van der Waals surface area contributed by atoms with Gasteiger partial charge >= 0.3 is 6.09 Å². The van der Waals surface area contributed by atoms with Crippen molar-refractivity contribution in [2.75, 3.05) is 13.2 Å². The average Bonchev–Trinajstić information content (AvgIpc) is 2.97. The summed E-state index contributed by atoms with van der Waals surface area (Å²) in [6, 6.07) is 18.7. The van der Waals surface area contributed by atoms with Crippen LogP contribution in [-0.2, 0) is 14.4 Å². The van der Waals surface area contributed by atoms with Crippen molar-refractivity contribution in [2.24, 2.45) is 0 Å². The van der Waals surface area contributed by atoms with Crippen LogP contribution in [0.4, 0.5) is 10.5 Å². The Hall–Kier alpha value is -4.70. The van der Waals surface area contributed by atoms with Crippen molar-refractivity contribution in [3.05, 3.63) is 117 Å². The molecule has 10 heteroatoms. The van der Waals surface area contributed by atoms with Crippen LogP contribution < -0.4 is 15.5 Å². The molecule has 2 amide bonds. The molecule has 0 saturated carbocycles.